The summed E-state index contributed by atoms with van der Waals surface area (Å²) in [5.74, 6) is 0.871. The molecule has 0 bridgehead atoms. The molecule has 0 N–H and O–H groups in total. The standard InChI is InChI=1S/C9H14O/c1-8(10)6-7-9-4-2-3-5-9/h6-7,9H,2-5H2,1H3. The van der Waals surface area contributed by atoms with Crippen LogP contribution in [0.4, 0.5) is 0 Å². The summed E-state index contributed by atoms with van der Waals surface area (Å²) in [5, 5.41) is 0. The summed E-state index contributed by atoms with van der Waals surface area (Å²) in [6.45, 7) is 1.60. The summed E-state index contributed by atoms with van der Waals surface area (Å²) in [6, 6.07) is 0. The first kappa shape index (κ1) is 7.52. The number of hydrogen-bond donors (Lipinski definition) is 0. The van der Waals surface area contributed by atoms with Crippen LogP contribution in [0, 0.1) is 5.92 Å². The SMILES string of the molecule is CC(=O)C=CC1CCCC1. The third-order valence-electron chi connectivity index (χ3n) is 2.00. The van der Waals surface area contributed by atoms with Gasteiger partial charge >= 0.3 is 0 Å². The van der Waals surface area contributed by atoms with Gasteiger partial charge in [0.1, 0.15) is 0 Å². The summed E-state index contributed by atoms with van der Waals surface area (Å²) in [5.41, 5.74) is 0. The highest BCUT2D eigenvalue weighted by molar-refractivity contribution is 5.87. The normalized spacial score (nSPS) is 20.5. The molecular formula is C9H14O. The van der Waals surface area contributed by atoms with Crippen LogP contribution in [0.3, 0.4) is 0 Å². The molecule has 0 aromatic heterocycles. The molecule has 1 aliphatic carbocycles. The van der Waals surface area contributed by atoms with Gasteiger partial charge in [-0.25, -0.2) is 0 Å². The van der Waals surface area contributed by atoms with E-state index in [1.54, 1.807) is 13.0 Å². The predicted molar refractivity (Wildman–Crippen MR) is 41.8 cm³/mol. The van der Waals surface area contributed by atoms with Crippen molar-refractivity contribution in [2.24, 2.45) is 5.92 Å². The largest absolute Gasteiger partial charge is 0.295 e. The van der Waals surface area contributed by atoms with Gasteiger partial charge in [-0.2, -0.15) is 0 Å². The second-order valence-electron chi connectivity index (χ2n) is 3.01. The van der Waals surface area contributed by atoms with Crippen molar-refractivity contribution in [3.8, 4) is 0 Å². The van der Waals surface area contributed by atoms with Gasteiger partial charge in [0.2, 0.25) is 0 Å². The lowest BCUT2D eigenvalue weighted by Gasteiger charge is -1.97. The molecular weight excluding hydrogens is 124 g/mol. The van der Waals surface area contributed by atoms with Gasteiger partial charge in [-0.1, -0.05) is 18.9 Å². The molecule has 0 saturated heterocycles. The Morgan fingerprint density at radius 2 is 2.00 bits per heavy atom. The number of rotatable bonds is 2. The summed E-state index contributed by atoms with van der Waals surface area (Å²) in [6.07, 6.45) is 9.01. The third kappa shape index (κ3) is 2.34. The summed E-state index contributed by atoms with van der Waals surface area (Å²) < 4.78 is 0. The van der Waals surface area contributed by atoms with Gasteiger partial charge in [0, 0.05) is 0 Å². The Kier molecular flexibility index (Phi) is 2.67. The Morgan fingerprint density at radius 3 is 2.50 bits per heavy atom. The lowest BCUT2D eigenvalue weighted by molar-refractivity contribution is -0.112. The maximum atomic E-state index is 10.5. The fraction of sp³-hybridized carbons (Fsp3) is 0.667. The van der Waals surface area contributed by atoms with Crippen LogP contribution in [0.1, 0.15) is 32.6 Å². The minimum atomic E-state index is 0.173. The molecule has 0 radical (unpaired) electrons. The average molecular weight is 138 g/mol. The van der Waals surface area contributed by atoms with Crippen LogP contribution >= 0.6 is 0 Å². The fourth-order valence-corrected chi connectivity index (χ4v) is 1.42. The number of carbonyl (C=O) groups is 1. The average Bonchev–Trinajstić information content (AvgIpc) is 2.34. The third-order valence-corrected chi connectivity index (χ3v) is 2.00. The second kappa shape index (κ2) is 3.55. The molecule has 0 amide bonds. The van der Waals surface area contributed by atoms with Gasteiger partial charge in [-0.3, -0.25) is 4.79 Å². The monoisotopic (exact) mass is 138 g/mol. The first-order valence-corrected chi connectivity index (χ1v) is 3.98. The van der Waals surface area contributed by atoms with E-state index < -0.39 is 0 Å². The molecule has 0 unspecified atom stereocenters. The minimum absolute atomic E-state index is 0.173. The zero-order valence-electron chi connectivity index (χ0n) is 6.47. The van der Waals surface area contributed by atoms with Gasteiger partial charge in [-0.15, -0.1) is 0 Å². The zero-order chi connectivity index (χ0) is 7.40. The summed E-state index contributed by atoms with van der Waals surface area (Å²) in [4.78, 5) is 10.5. The summed E-state index contributed by atoms with van der Waals surface area (Å²) >= 11 is 0. The molecule has 1 saturated carbocycles. The topological polar surface area (TPSA) is 17.1 Å². The van der Waals surface area contributed by atoms with E-state index in [-0.39, 0.29) is 5.78 Å². The first-order chi connectivity index (χ1) is 4.79. The van der Waals surface area contributed by atoms with Crippen LogP contribution < -0.4 is 0 Å². The van der Waals surface area contributed by atoms with Crippen molar-refractivity contribution in [1.29, 1.82) is 0 Å². The molecule has 1 fully saturated rings. The number of carbonyl (C=O) groups excluding carboxylic acids is 1. The van der Waals surface area contributed by atoms with E-state index in [1.165, 1.54) is 25.7 Å². The highest BCUT2D eigenvalue weighted by Gasteiger charge is 2.10. The zero-order valence-corrected chi connectivity index (χ0v) is 6.47. The Morgan fingerprint density at radius 1 is 1.40 bits per heavy atom. The van der Waals surface area contributed by atoms with Crippen LogP contribution in [0.5, 0.6) is 0 Å². The molecule has 1 heteroatoms. The molecule has 1 rings (SSSR count). The Hall–Kier alpha value is -0.590. The van der Waals surface area contributed by atoms with E-state index in [0.717, 1.165) is 0 Å². The minimum Gasteiger partial charge on any atom is -0.295 e. The summed E-state index contributed by atoms with van der Waals surface area (Å²) in [7, 11) is 0. The first-order valence-electron chi connectivity index (χ1n) is 3.98. The molecule has 10 heavy (non-hydrogen) atoms. The second-order valence-corrected chi connectivity index (χ2v) is 3.01. The van der Waals surface area contributed by atoms with Gasteiger partial charge < -0.3 is 0 Å². The maximum absolute atomic E-state index is 10.5. The number of allylic oxidation sites excluding steroid dienone is 2. The Bertz CT molecular complexity index is 141. The molecule has 0 spiro atoms. The van der Waals surface area contributed by atoms with Crippen molar-refractivity contribution >= 4 is 5.78 Å². The van der Waals surface area contributed by atoms with Crippen molar-refractivity contribution in [3.05, 3.63) is 12.2 Å². The van der Waals surface area contributed by atoms with Crippen molar-refractivity contribution < 1.29 is 4.79 Å². The molecule has 56 valence electrons. The quantitative estimate of drug-likeness (QED) is 0.535. The van der Waals surface area contributed by atoms with E-state index in [9.17, 15) is 4.79 Å². The Labute approximate surface area is 62.1 Å². The van der Waals surface area contributed by atoms with E-state index in [1.807, 2.05) is 0 Å². The number of ketones is 1. The van der Waals surface area contributed by atoms with Gasteiger partial charge in [0.05, 0.1) is 0 Å². The Balaban J connectivity index is 2.29. The van der Waals surface area contributed by atoms with E-state index >= 15 is 0 Å². The van der Waals surface area contributed by atoms with Gasteiger partial charge in [0.15, 0.2) is 5.78 Å². The van der Waals surface area contributed by atoms with E-state index in [4.69, 9.17) is 0 Å². The van der Waals surface area contributed by atoms with Crippen LogP contribution in [0.15, 0.2) is 12.2 Å². The lowest BCUT2D eigenvalue weighted by Crippen LogP contribution is -1.88. The molecule has 1 aliphatic rings. The van der Waals surface area contributed by atoms with E-state index in [2.05, 4.69) is 6.08 Å². The van der Waals surface area contributed by atoms with E-state index in [0.29, 0.717) is 5.92 Å². The van der Waals surface area contributed by atoms with Crippen molar-refractivity contribution in [2.75, 3.05) is 0 Å². The van der Waals surface area contributed by atoms with Crippen molar-refractivity contribution in [1.82, 2.24) is 0 Å². The van der Waals surface area contributed by atoms with Crippen LogP contribution in [0.2, 0.25) is 0 Å². The fourth-order valence-electron chi connectivity index (χ4n) is 1.42. The molecule has 0 aromatic rings. The molecule has 0 heterocycles. The van der Waals surface area contributed by atoms with Crippen LogP contribution in [-0.2, 0) is 4.79 Å². The highest BCUT2D eigenvalue weighted by Crippen LogP contribution is 2.25. The lowest BCUT2D eigenvalue weighted by atomic mass is 10.1. The predicted octanol–water partition coefficient (Wildman–Crippen LogP) is 2.32. The number of hydrogen-bond acceptors (Lipinski definition) is 1. The van der Waals surface area contributed by atoms with Crippen LogP contribution in [0.25, 0.3) is 0 Å². The maximum Gasteiger partial charge on any atom is 0.152 e. The van der Waals surface area contributed by atoms with Gasteiger partial charge in [-0.05, 0) is 31.8 Å². The van der Waals surface area contributed by atoms with Crippen LogP contribution in [-0.4, -0.2) is 5.78 Å². The van der Waals surface area contributed by atoms with Gasteiger partial charge in [0.25, 0.3) is 0 Å². The highest BCUT2D eigenvalue weighted by atomic mass is 16.1. The molecule has 1 nitrogen and oxygen atoms in total. The van der Waals surface area contributed by atoms with Crippen molar-refractivity contribution in [3.63, 3.8) is 0 Å². The molecule has 0 aliphatic heterocycles. The molecule has 0 atom stereocenters. The van der Waals surface area contributed by atoms with Crippen molar-refractivity contribution in [2.45, 2.75) is 32.6 Å². The smallest absolute Gasteiger partial charge is 0.152 e. The molecule has 0 aromatic carbocycles.